The van der Waals surface area contributed by atoms with Gasteiger partial charge in [0, 0.05) is 58.5 Å². The van der Waals surface area contributed by atoms with E-state index in [4.69, 9.17) is 10.2 Å². The highest BCUT2D eigenvalue weighted by molar-refractivity contribution is 5.84. The molecule has 0 aliphatic rings. The van der Waals surface area contributed by atoms with Gasteiger partial charge in [0.15, 0.2) is 12.2 Å². The maximum absolute atomic E-state index is 13.2. The number of aliphatic hydroxyl groups excluding tert-OH is 10. The van der Waals surface area contributed by atoms with Crippen LogP contribution in [0.4, 0.5) is 0 Å². The summed E-state index contributed by atoms with van der Waals surface area (Å²) in [6, 6.07) is 0. The maximum Gasteiger partial charge on any atom is 0.251 e. The van der Waals surface area contributed by atoms with Gasteiger partial charge in [-0.15, -0.1) is 0 Å². The monoisotopic (exact) mass is 1360 g/mol. The van der Waals surface area contributed by atoms with Crippen LogP contribution >= 0.6 is 0 Å². The first-order valence-corrected chi connectivity index (χ1v) is 37.2. The quantitative estimate of drug-likeness (QED) is 0.0381. The first-order chi connectivity index (χ1) is 46.0. The number of rotatable bonds is 72. The van der Waals surface area contributed by atoms with Crippen molar-refractivity contribution in [2.45, 2.75) is 274 Å². The minimum atomic E-state index is -2.22. The Kier molecular flexibility index (Phi) is 64.3. The van der Waals surface area contributed by atoms with Crippen molar-refractivity contribution in [3.63, 3.8) is 0 Å². The minimum Gasteiger partial charge on any atom is -0.394 e. The molecule has 0 aromatic heterocycles. The van der Waals surface area contributed by atoms with E-state index in [1.165, 1.54) is 161 Å². The SMILES string of the molecule is CNCCCNCCCCNCC(CCCCCCNC(=O)CCCCCCCCCCCCCCCCCCCCCCCNC(=O)CCC(=O)N(CCNC(=O)[C@H](O)[C@@H](O)[C@H](O)[C@H](O)CO)CCNC(=O)[C@H](O)[C@@H](O)[C@H](O)[C@H](O)CO)CNCCCCNCCCNC. The molecule has 562 valence electrons. The molecule has 8 atom stereocenters. The number of hydrogen-bond acceptors (Lipinski definition) is 21. The van der Waals surface area contributed by atoms with Gasteiger partial charge in [0.1, 0.15) is 36.6 Å². The fourth-order valence-corrected chi connectivity index (χ4v) is 11.2. The van der Waals surface area contributed by atoms with E-state index in [0.29, 0.717) is 18.9 Å². The Balaban J connectivity index is 4.08. The van der Waals surface area contributed by atoms with Crippen molar-refractivity contribution in [1.29, 1.82) is 0 Å². The molecular formula is C69H141N11O15. The molecule has 0 rings (SSSR count). The topological polar surface area (TPSA) is 411 Å². The number of carbonyl (C=O) groups excluding carboxylic acids is 5. The van der Waals surface area contributed by atoms with Crippen LogP contribution < -0.4 is 53.2 Å². The van der Waals surface area contributed by atoms with E-state index in [-0.39, 0.29) is 50.8 Å². The third-order valence-electron chi connectivity index (χ3n) is 17.4. The molecule has 0 fully saturated rings. The molecule has 0 aliphatic heterocycles. The molecule has 0 radical (unpaired) electrons. The van der Waals surface area contributed by atoms with E-state index < -0.39 is 79.8 Å². The molecule has 95 heavy (non-hydrogen) atoms. The lowest BCUT2D eigenvalue weighted by atomic mass is 10.00. The average Bonchev–Trinajstić information content (AvgIpc) is 2.04. The van der Waals surface area contributed by atoms with Crippen LogP contribution in [0.2, 0.25) is 0 Å². The van der Waals surface area contributed by atoms with Gasteiger partial charge in [0.25, 0.3) is 11.8 Å². The van der Waals surface area contributed by atoms with Crippen LogP contribution in [-0.4, -0.2) is 266 Å². The Hall–Kier alpha value is -3.29. The van der Waals surface area contributed by atoms with Crippen LogP contribution in [0.3, 0.4) is 0 Å². The van der Waals surface area contributed by atoms with Gasteiger partial charge in [-0.05, 0) is 150 Å². The van der Waals surface area contributed by atoms with Gasteiger partial charge in [0.05, 0.1) is 13.2 Å². The van der Waals surface area contributed by atoms with Crippen molar-refractivity contribution in [3.05, 3.63) is 0 Å². The average molecular weight is 1360 g/mol. The number of hydrogen-bond donors (Lipinski definition) is 20. The van der Waals surface area contributed by atoms with Gasteiger partial charge in [-0.3, -0.25) is 24.0 Å². The molecule has 20 N–H and O–H groups in total. The molecule has 0 aliphatic carbocycles. The van der Waals surface area contributed by atoms with Crippen molar-refractivity contribution < 1.29 is 75.0 Å². The largest absolute Gasteiger partial charge is 0.394 e. The predicted molar refractivity (Wildman–Crippen MR) is 375 cm³/mol. The number of carbonyl (C=O) groups is 5. The molecule has 0 unspecified atom stereocenters. The highest BCUT2D eigenvalue weighted by atomic mass is 16.4. The summed E-state index contributed by atoms with van der Waals surface area (Å²) >= 11 is 0. The molecule has 0 saturated carbocycles. The minimum absolute atomic E-state index is 0.165. The van der Waals surface area contributed by atoms with Crippen molar-refractivity contribution in [3.8, 4) is 0 Å². The summed E-state index contributed by atoms with van der Waals surface area (Å²) in [6.45, 7) is 9.08. The molecule has 0 heterocycles. The van der Waals surface area contributed by atoms with Crippen LogP contribution in [0.1, 0.15) is 225 Å². The van der Waals surface area contributed by atoms with Crippen LogP contribution in [0, 0.1) is 5.92 Å². The summed E-state index contributed by atoms with van der Waals surface area (Å²) in [4.78, 5) is 64.4. The lowest BCUT2D eigenvalue weighted by Gasteiger charge is -2.27. The summed E-state index contributed by atoms with van der Waals surface area (Å²) in [7, 11) is 4.01. The van der Waals surface area contributed by atoms with E-state index in [1.807, 2.05) is 14.1 Å². The van der Waals surface area contributed by atoms with Gasteiger partial charge in [-0.25, -0.2) is 0 Å². The number of aliphatic hydroxyl groups is 10. The lowest BCUT2D eigenvalue weighted by Crippen LogP contribution is -2.53. The highest BCUT2D eigenvalue weighted by Gasteiger charge is 2.35. The second-order valence-corrected chi connectivity index (χ2v) is 26.0. The predicted octanol–water partition coefficient (Wildman–Crippen LogP) is 1.22. The van der Waals surface area contributed by atoms with E-state index in [0.717, 1.165) is 122 Å². The summed E-state index contributed by atoms with van der Waals surface area (Å²) in [5.41, 5.74) is 0. The summed E-state index contributed by atoms with van der Waals surface area (Å²) in [5, 5.41) is 129. The first-order valence-electron chi connectivity index (χ1n) is 37.2. The molecular weight excluding hydrogens is 1220 g/mol. The second kappa shape index (κ2) is 66.6. The van der Waals surface area contributed by atoms with Crippen molar-refractivity contribution in [2.24, 2.45) is 5.92 Å². The van der Waals surface area contributed by atoms with Crippen LogP contribution in [-0.2, 0) is 24.0 Å². The molecule has 5 amide bonds. The van der Waals surface area contributed by atoms with E-state index in [2.05, 4.69) is 53.2 Å². The maximum atomic E-state index is 13.2. The Bertz CT molecular complexity index is 1720. The number of amides is 5. The van der Waals surface area contributed by atoms with Crippen molar-refractivity contribution >= 4 is 29.5 Å². The smallest absolute Gasteiger partial charge is 0.251 e. The summed E-state index contributed by atoms with van der Waals surface area (Å²) in [5.74, 6) is -2.40. The van der Waals surface area contributed by atoms with Crippen LogP contribution in [0.5, 0.6) is 0 Å². The van der Waals surface area contributed by atoms with Crippen LogP contribution in [0.15, 0.2) is 0 Å². The zero-order valence-corrected chi connectivity index (χ0v) is 59.1. The third-order valence-corrected chi connectivity index (χ3v) is 17.4. The highest BCUT2D eigenvalue weighted by Crippen LogP contribution is 2.17. The molecule has 26 nitrogen and oxygen atoms in total. The molecule has 0 aromatic rings. The number of unbranched alkanes of at least 4 members (excludes halogenated alkanes) is 25. The third kappa shape index (κ3) is 54.2. The Morgan fingerprint density at radius 2 is 0.632 bits per heavy atom. The first kappa shape index (κ1) is 91.7. The van der Waals surface area contributed by atoms with Gasteiger partial charge in [0.2, 0.25) is 17.7 Å². The van der Waals surface area contributed by atoms with Gasteiger partial charge >= 0.3 is 0 Å². The van der Waals surface area contributed by atoms with E-state index >= 15 is 0 Å². The fourth-order valence-electron chi connectivity index (χ4n) is 11.2. The standard InChI is InChI=1S/C69H141N11O15/c1-70-38-32-44-72-40-28-30-42-74-52-56(53-75-43-31-29-41-73-45-33-39-71-2)34-24-21-23-27-46-76-59(85)35-25-20-18-16-14-12-10-8-6-4-3-5-7-9-11-13-15-17-19-22-26-47-77-60(86)36-37-61(87)80(50-48-78-68(94)66(92)64(90)62(88)57(83)54-81)51-49-79-69(95)67(93)65(91)63(89)58(84)55-82/h56-58,62-67,70-75,81-84,88-93H,3-55H2,1-2H3,(H,76,85)(H,77,86)(H,78,94)(H,79,95)/t57-,58-,62-,63-,64+,65+,66-,67-/m1/s1. The summed E-state index contributed by atoms with van der Waals surface area (Å²) < 4.78 is 0. The Labute approximate surface area is 572 Å². The Morgan fingerprint density at radius 1 is 0.316 bits per heavy atom. The summed E-state index contributed by atoms with van der Waals surface area (Å²) in [6.07, 6.45) is 22.1. The molecule has 0 bridgehead atoms. The second-order valence-electron chi connectivity index (χ2n) is 26.0. The van der Waals surface area contributed by atoms with Crippen molar-refractivity contribution in [1.82, 2.24) is 58.1 Å². The van der Waals surface area contributed by atoms with Gasteiger partial charge in [-0.1, -0.05) is 141 Å². The number of nitrogens with zero attached hydrogens (tertiary/aromatic N) is 1. The number of nitrogens with one attached hydrogen (secondary N) is 10. The lowest BCUT2D eigenvalue weighted by molar-refractivity contribution is -0.149. The van der Waals surface area contributed by atoms with Gasteiger partial charge < -0.3 is 109 Å². The Morgan fingerprint density at radius 3 is 1.00 bits per heavy atom. The van der Waals surface area contributed by atoms with Crippen LogP contribution in [0.25, 0.3) is 0 Å². The zero-order valence-electron chi connectivity index (χ0n) is 59.1. The zero-order chi connectivity index (χ0) is 70.2. The van der Waals surface area contributed by atoms with E-state index in [1.54, 1.807) is 0 Å². The normalized spacial score (nSPS) is 14.2. The molecule has 0 saturated heterocycles. The molecule has 26 heteroatoms. The molecule has 0 spiro atoms. The van der Waals surface area contributed by atoms with E-state index in [9.17, 15) is 64.8 Å². The fraction of sp³-hybridized carbons (Fsp3) is 0.928. The molecule has 0 aromatic carbocycles. The van der Waals surface area contributed by atoms with Crippen molar-refractivity contribution in [2.75, 3.05) is 132 Å². The van der Waals surface area contributed by atoms with Gasteiger partial charge in [-0.2, -0.15) is 0 Å².